The fourth-order valence-corrected chi connectivity index (χ4v) is 1.88. The molecule has 1 amide bonds. The van der Waals surface area contributed by atoms with Crippen molar-refractivity contribution in [1.82, 2.24) is 0 Å². The van der Waals surface area contributed by atoms with Crippen LogP contribution in [0.4, 0.5) is 5.69 Å². The van der Waals surface area contributed by atoms with Crippen molar-refractivity contribution < 1.29 is 4.79 Å². The molecule has 0 fully saturated rings. The normalized spacial score (nSPS) is 12.3. The van der Waals surface area contributed by atoms with E-state index < -0.39 is 0 Å². The zero-order valence-electron chi connectivity index (χ0n) is 10.2. The number of rotatable bonds is 3. The van der Waals surface area contributed by atoms with Crippen LogP contribution in [0.2, 0.25) is 0 Å². The Labute approximate surface area is 106 Å². The zero-order chi connectivity index (χ0) is 12.3. The minimum absolute atomic E-state index is 0.0255. The summed E-state index contributed by atoms with van der Waals surface area (Å²) in [4.78, 5) is 11.7. The van der Waals surface area contributed by atoms with E-state index in [1.54, 1.807) is 0 Å². The summed E-state index contributed by atoms with van der Waals surface area (Å²) in [5.74, 6) is 0.0255. The van der Waals surface area contributed by atoms with Crippen LogP contribution in [0.3, 0.4) is 0 Å². The molecule has 0 aliphatic carbocycles. The molecule has 0 spiro atoms. The maximum atomic E-state index is 11.8. The van der Waals surface area contributed by atoms with Gasteiger partial charge < -0.3 is 5.32 Å². The highest BCUT2D eigenvalue weighted by molar-refractivity contribution is 9.10. The Morgan fingerprint density at radius 1 is 1.31 bits per heavy atom. The standard InChI is InChI=1S/C13H18BrNO/c1-5-11(14)13(16)15-12-9(3)6-8(2)7-10(12)4/h6-7,11H,5H2,1-4H3,(H,15,16)/t11-/m0/s1. The van der Waals surface area contributed by atoms with Gasteiger partial charge in [-0.2, -0.15) is 0 Å². The Kier molecular flexibility index (Phi) is 4.54. The van der Waals surface area contributed by atoms with Gasteiger partial charge in [-0.05, 0) is 38.3 Å². The fraction of sp³-hybridized carbons (Fsp3) is 0.462. The van der Waals surface area contributed by atoms with Gasteiger partial charge in [0.15, 0.2) is 0 Å². The first-order valence-corrected chi connectivity index (χ1v) is 6.40. The van der Waals surface area contributed by atoms with Gasteiger partial charge in [-0.1, -0.05) is 40.5 Å². The zero-order valence-corrected chi connectivity index (χ0v) is 11.8. The molecule has 1 rings (SSSR count). The topological polar surface area (TPSA) is 29.1 Å². The SMILES string of the molecule is CC[C@H](Br)C(=O)Nc1c(C)cc(C)cc1C. The molecule has 0 aliphatic heterocycles. The molecular weight excluding hydrogens is 266 g/mol. The third-order valence-corrected chi connectivity index (χ3v) is 3.63. The molecule has 0 bridgehead atoms. The summed E-state index contributed by atoms with van der Waals surface area (Å²) in [5, 5.41) is 2.97. The molecule has 16 heavy (non-hydrogen) atoms. The largest absolute Gasteiger partial charge is 0.325 e. The predicted octanol–water partition coefficient (Wildman–Crippen LogP) is 3.72. The molecule has 1 atom stereocenters. The first-order chi connectivity index (χ1) is 7.45. The molecule has 0 saturated heterocycles. The van der Waals surface area contributed by atoms with Gasteiger partial charge in [0.05, 0.1) is 4.83 Å². The first-order valence-electron chi connectivity index (χ1n) is 5.48. The van der Waals surface area contributed by atoms with Crippen LogP contribution in [0, 0.1) is 20.8 Å². The highest BCUT2D eigenvalue weighted by Gasteiger charge is 2.14. The number of hydrogen-bond acceptors (Lipinski definition) is 1. The second kappa shape index (κ2) is 5.48. The third kappa shape index (κ3) is 3.08. The number of benzene rings is 1. The van der Waals surface area contributed by atoms with Gasteiger partial charge in [-0.25, -0.2) is 0 Å². The monoisotopic (exact) mass is 283 g/mol. The van der Waals surface area contributed by atoms with E-state index in [4.69, 9.17) is 0 Å². The van der Waals surface area contributed by atoms with E-state index in [9.17, 15) is 4.79 Å². The van der Waals surface area contributed by atoms with Crippen LogP contribution < -0.4 is 5.32 Å². The number of hydrogen-bond donors (Lipinski definition) is 1. The minimum Gasteiger partial charge on any atom is -0.325 e. The Morgan fingerprint density at radius 3 is 2.25 bits per heavy atom. The highest BCUT2D eigenvalue weighted by atomic mass is 79.9. The number of anilines is 1. The molecule has 0 heterocycles. The van der Waals surface area contributed by atoms with Crippen LogP contribution in [-0.4, -0.2) is 10.7 Å². The van der Waals surface area contributed by atoms with Crippen LogP contribution in [0.1, 0.15) is 30.0 Å². The van der Waals surface area contributed by atoms with Crippen LogP contribution in [0.5, 0.6) is 0 Å². The summed E-state index contributed by atoms with van der Waals surface area (Å²) in [5.41, 5.74) is 4.38. The lowest BCUT2D eigenvalue weighted by Crippen LogP contribution is -2.23. The molecule has 0 aromatic heterocycles. The van der Waals surface area contributed by atoms with Crippen molar-refractivity contribution in [2.75, 3.05) is 5.32 Å². The van der Waals surface area contributed by atoms with E-state index in [1.165, 1.54) is 5.56 Å². The Bertz CT molecular complexity index is 378. The summed E-state index contributed by atoms with van der Waals surface area (Å²) in [6, 6.07) is 4.16. The van der Waals surface area contributed by atoms with E-state index in [-0.39, 0.29) is 10.7 Å². The van der Waals surface area contributed by atoms with Gasteiger partial charge in [0.1, 0.15) is 0 Å². The lowest BCUT2D eigenvalue weighted by atomic mass is 10.0. The smallest absolute Gasteiger partial charge is 0.238 e. The van der Waals surface area contributed by atoms with Crippen molar-refractivity contribution >= 4 is 27.5 Å². The molecule has 2 nitrogen and oxygen atoms in total. The van der Waals surface area contributed by atoms with Crippen molar-refractivity contribution in [3.63, 3.8) is 0 Å². The average molecular weight is 284 g/mol. The van der Waals surface area contributed by atoms with Crippen molar-refractivity contribution in [1.29, 1.82) is 0 Å². The number of amides is 1. The maximum absolute atomic E-state index is 11.8. The van der Waals surface area contributed by atoms with E-state index in [2.05, 4.69) is 40.3 Å². The summed E-state index contributed by atoms with van der Waals surface area (Å²) in [7, 11) is 0. The minimum atomic E-state index is -0.118. The molecule has 3 heteroatoms. The number of alkyl halides is 1. The lowest BCUT2D eigenvalue weighted by Gasteiger charge is -2.14. The van der Waals surface area contributed by atoms with E-state index in [1.807, 2.05) is 20.8 Å². The number of carbonyl (C=O) groups is 1. The second-order valence-electron chi connectivity index (χ2n) is 4.14. The number of nitrogens with one attached hydrogen (secondary N) is 1. The van der Waals surface area contributed by atoms with E-state index in [0.717, 1.165) is 23.2 Å². The summed E-state index contributed by atoms with van der Waals surface area (Å²) in [6.45, 7) is 8.08. The fourth-order valence-electron chi connectivity index (χ4n) is 1.76. The van der Waals surface area contributed by atoms with Crippen molar-refractivity contribution in [3.8, 4) is 0 Å². The molecule has 0 aliphatic rings. The van der Waals surface area contributed by atoms with Crippen LogP contribution in [-0.2, 0) is 4.79 Å². The lowest BCUT2D eigenvalue weighted by molar-refractivity contribution is -0.115. The Morgan fingerprint density at radius 2 is 1.81 bits per heavy atom. The van der Waals surface area contributed by atoms with Gasteiger partial charge in [-0.15, -0.1) is 0 Å². The number of aryl methyl sites for hydroxylation is 3. The summed E-state index contributed by atoms with van der Waals surface area (Å²) >= 11 is 3.35. The quantitative estimate of drug-likeness (QED) is 0.842. The Hall–Kier alpha value is -0.830. The first kappa shape index (κ1) is 13.2. The highest BCUT2D eigenvalue weighted by Crippen LogP contribution is 2.22. The van der Waals surface area contributed by atoms with Gasteiger partial charge >= 0.3 is 0 Å². The third-order valence-electron chi connectivity index (χ3n) is 2.57. The van der Waals surface area contributed by atoms with E-state index in [0.29, 0.717) is 0 Å². The molecule has 1 aromatic carbocycles. The second-order valence-corrected chi connectivity index (χ2v) is 5.24. The Balaban J connectivity index is 2.93. The number of carbonyl (C=O) groups excluding carboxylic acids is 1. The number of halogens is 1. The maximum Gasteiger partial charge on any atom is 0.238 e. The molecule has 1 aromatic rings. The van der Waals surface area contributed by atoms with Crippen molar-refractivity contribution in [3.05, 3.63) is 28.8 Å². The molecule has 0 unspecified atom stereocenters. The van der Waals surface area contributed by atoms with Crippen LogP contribution in [0.25, 0.3) is 0 Å². The van der Waals surface area contributed by atoms with Gasteiger partial charge in [0.25, 0.3) is 0 Å². The summed E-state index contributed by atoms with van der Waals surface area (Å²) < 4.78 is 0. The summed E-state index contributed by atoms with van der Waals surface area (Å²) in [6.07, 6.45) is 0.787. The van der Waals surface area contributed by atoms with Crippen molar-refractivity contribution in [2.24, 2.45) is 0 Å². The average Bonchev–Trinajstić information content (AvgIpc) is 2.21. The van der Waals surface area contributed by atoms with Gasteiger partial charge in [-0.3, -0.25) is 4.79 Å². The van der Waals surface area contributed by atoms with Crippen LogP contribution in [0.15, 0.2) is 12.1 Å². The van der Waals surface area contributed by atoms with Gasteiger partial charge in [0.2, 0.25) is 5.91 Å². The molecule has 0 radical (unpaired) electrons. The molecule has 88 valence electrons. The van der Waals surface area contributed by atoms with E-state index >= 15 is 0 Å². The van der Waals surface area contributed by atoms with Crippen LogP contribution >= 0.6 is 15.9 Å². The van der Waals surface area contributed by atoms with Gasteiger partial charge in [0, 0.05) is 5.69 Å². The molecular formula is C13H18BrNO. The van der Waals surface area contributed by atoms with Crippen molar-refractivity contribution in [2.45, 2.75) is 38.9 Å². The predicted molar refractivity (Wildman–Crippen MR) is 72.3 cm³/mol. The molecule has 1 N–H and O–H groups in total. The molecule has 0 saturated carbocycles.